The van der Waals surface area contributed by atoms with E-state index in [4.69, 9.17) is 0 Å². The molecule has 90 valence electrons. The highest BCUT2D eigenvalue weighted by Gasteiger charge is 2.32. The summed E-state index contributed by atoms with van der Waals surface area (Å²) in [6.45, 7) is 0. The average Bonchev–Trinajstić information content (AvgIpc) is 2.03. The summed E-state index contributed by atoms with van der Waals surface area (Å²) < 4.78 is 62.4. The van der Waals surface area contributed by atoms with Gasteiger partial charge in [0.2, 0.25) is 0 Å². The van der Waals surface area contributed by atoms with Gasteiger partial charge < -0.3 is 4.74 Å². The number of hydrogen-bond donors (Lipinski definition) is 2. The Morgan fingerprint density at radius 1 is 1.25 bits per heavy atom. The van der Waals surface area contributed by atoms with Crippen molar-refractivity contribution in [3.05, 3.63) is 24.3 Å². The van der Waals surface area contributed by atoms with Gasteiger partial charge >= 0.3 is 6.36 Å². The molecule has 0 saturated heterocycles. The van der Waals surface area contributed by atoms with Crippen LogP contribution in [-0.2, 0) is 10.2 Å². The van der Waals surface area contributed by atoms with Gasteiger partial charge in [-0.2, -0.15) is 8.42 Å². The van der Waals surface area contributed by atoms with Crippen LogP contribution in [0.25, 0.3) is 0 Å². The highest BCUT2D eigenvalue weighted by atomic mass is 32.2. The molecule has 16 heavy (non-hydrogen) atoms. The topological polar surface area (TPSA) is 81.4 Å². The van der Waals surface area contributed by atoms with Crippen LogP contribution in [0.5, 0.6) is 5.75 Å². The second-order valence-corrected chi connectivity index (χ2v) is 3.99. The number of alkyl halides is 3. The highest BCUT2D eigenvalue weighted by molar-refractivity contribution is 7.90. The van der Waals surface area contributed by atoms with Crippen LogP contribution in [0.4, 0.5) is 18.9 Å². The predicted octanol–water partition coefficient (Wildman–Crippen LogP) is 1.20. The first-order chi connectivity index (χ1) is 7.17. The molecule has 1 rings (SSSR count). The smallest absolute Gasteiger partial charge is 0.404 e. The molecule has 0 radical (unpaired) electrons. The van der Waals surface area contributed by atoms with E-state index in [9.17, 15) is 21.6 Å². The molecular formula is C7H7F3N2O3S. The Labute approximate surface area is 89.2 Å². The van der Waals surface area contributed by atoms with Crippen LogP contribution in [0, 0.1) is 0 Å². The van der Waals surface area contributed by atoms with Crippen LogP contribution in [-0.4, -0.2) is 14.8 Å². The summed E-state index contributed by atoms with van der Waals surface area (Å²) in [5, 5.41) is 4.62. The standard InChI is InChI=1S/C7H7F3N2O3S/c8-7(9,10)15-6-4-2-1-3-5(6)12-16(11,13)14/h1-4,12H,(H2,11,13,14). The molecule has 0 spiro atoms. The van der Waals surface area contributed by atoms with Crippen LogP contribution >= 0.6 is 0 Å². The summed E-state index contributed by atoms with van der Waals surface area (Å²) in [5.74, 6) is -0.677. The van der Waals surface area contributed by atoms with Gasteiger partial charge in [-0.25, -0.2) is 5.14 Å². The quantitative estimate of drug-likeness (QED) is 0.852. The fourth-order valence-corrected chi connectivity index (χ4v) is 1.39. The van der Waals surface area contributed by atoms with E-state index < -0.39 is 22.3 Å². The average molecular weight is 256 g/mol. The van der Waals surface area contributed by atoms with Gasteiger partial charge in [0.25, 0.3) is 10.2 Å². The van der Waals surface area contributed by atoms with Crippen molar-refractivity contribution in [2.24, 2.45) is 5.14 Å². The maximum Gasteiger partial charge on any atom is 0.573 e. The normalized spacial score (nSPS) is 12.2. The second kappa shape index (κ2) is 4.18. The van der Waals surface area contributed by atoms with Gasteiger partial charge in [-0.05, 0) is 12.1 Å². The lowest BCUT2D eigenvalue weighted by Gasteiger charge is -2.13. The zero-order valence-electron chi connectivity index (χ0n) is 7.65. The molecule has 5 nitrogen and oxygen atoms in total. The molecule has 0 aliphatic rings. The maximum atomic E-state index is 11.9. The van der Waals surface area contributed by atoms with Crippen molar-refractivity contribution >= 4 is 15.9 Å². The molecule has 1 aromatic rings. The minimum Gasteiger partial charge on any atom is -0.404 e. The van der Waals surface area contributed by atoms with E-state index >= 15 is 0 Å². The molecule has 0 aliphatic carbocycles. The van der Waals surface area contributed by atoms with Crippen molar-refractivity contribution in [1.29, 1.82) is 0 Å². The third-order valence-corrected chi connectivity index (χ3v) is 1.87. The zero-order valence-corrected chi connectivity index (χ0v) is 8.47. The van der Waals surface area contributed by atoms with Gasteiger partial charge in [-0.1, -0.05) is 12.1 Å². The molecule has 1 aromatic carbocycles. The van der Waals surface area contributed by atoms with E-state index in [1.54, 1.807) is 4.72 Å². The van der Waals surface area contributed by atoms with E-state index in [0.717, 1.165) is 12.1 Å². The number of hydrogen-bond acceptors (Lipinski definition) is 3. The van der Waals surface area contributed by atoms with Crippen LogP contribution in [0.1, 0.15) is 0 Å². The molecular weight excluding hydrogens is 249 g/mol. The fourth-order valence-electron chi connectivity index (χ4n) is 0.918. The summed E-state index contributed by atoms with van der Waals surface area (Å²) in [4.78, 5) is 0. The Hall–Kier alpha value is -1.48. The molecule has 0 atom stereocenters. The SMILES string of the molecule is NS(=O)(=O)Nc1ccccc1OC(F)(F)F. The monoisotopic (exact) mass is 256 g/mol. The number of halogens is 3. The Bertz CT molecular complexity index is 472. The first-order valence-corrected chi connectivity index (χ1v) is 5.37. The first kappa shape index (κ1) is 12.6. The van der Waals surface area contributed by atoms with Crippen LogP contribution in [0.2, 0.25) is 0 Å². The lowest BCUT2D eigenvalue weighted by molar-refractivity contribution is -0.274. The predicted molar refractivity (Wildman–Crippen MR) is 49.9 cm³/mol. The van der Waals surface area contributed by atoms with Crippen LogP contribution in [0.15, 0.2) is 24.3 Å². The minimum absolute atomic E-state index is 0.387. The van der Waals surface area contributed by atoms with Crippen molar-refractivity contribution in [1.82, 2.24) is 0 Å². The second-order valence-electron chi connectivity index (χ2n) is 2.69. The van der Waals surface area contributed by atoms with E-state index in [1.807, 2.05) is 0 Å². The molecule has 0 heterocycles. The Kier molecular flexibility index (Phi) is 3.29. The van der Waals surface area contributed by atoms with Gasteiger partial charge in [-0.3, -0.25) is 4.72 Å². The number of para-hydroxylation sites is 2. The summed E-state index contributed by atoms with van der Waals surface area (Å²) in [7, 11) is -4.15. The number of anilines is 1. The summed E-state index contributed by atoms with van der Waals surface area (Å²) in [6, 6.07) is 4.64. The summed E-state index contributed by atoms with van der Waals surface area (Å²) >= 11 is 0. The Balaban J connectivity index is 3.01. The Morgan fingerprint density at radius 2 is 1.81 bits per heavy atom. The van der Waals surface area contributed by atoms with Crippen LogP contribution in [0.3, 0.4) is 0 Å². The van der Waals surface area contributed by atoms with Gasteiger partial charge in [0.15, 0.2) is 5.75 Å². The van der Waals surface area contributed by atoms with Gasteiger partial charge in [-0.15, -0.1) is 13.2 Å². The van der Waals surface area contributed by atoms with Crippen molar-refractivity contribution in [3.8, 4) is 5.75 Å². The zero-order chi connectivity index (χ0) is 12.4. The molecule has 0 bridgehead atoms. The number of nitrogens with one attached hydrogen (secondary N) is 1. The molecule has 0 unspecified atom stereocenters. The lowest BCUT2D eigenvalue weighted by atomic mass is 10.3. The molecule has 3 N–H and O–H groups in total. The third kappa shape index (κ3) is 4.36. The van der Waals surface area contributed by atoms with E-state index in [1.165, 1.54) is 12.1 Å². The Morgan fingerprint density at radius 3 is 2.31 bits per heavy atom. The minimum atomic E-state index is -4.91. The third-order valence-electron chi connectivity index (χ3n) is 1.36. The van der Waals surface area contributed by atoms with E-state index in [2.05, 4.69) is 9.88 Å². The maximum absolute atomic E-state index is 11.9. The van der Waals surface area contributed by atoms with Crippen LogP contribution < -0.4 is 14.6 Å². The van der Waals surface area contributed by atoms with Crippen molar-refractivity contribution in [3.63, 3.8) is 0 Å². The number of nitrogens with two attached hydrogens (primary N) is 1. The molecule has 0 fully saturated rings. The van der Waals surface area contributed by atoms with E-state index in [0.29, 0.717) is 0 Å². The molecule has 0 aliphatic heterocycles. The summed E-state index contributed by atoms with van der Waals surface area (Å²) in [5.41, 5.74) is -0.387. The fraction of sp³-hybridized carbons (Fsp3) is 0.143. The number of rotatable bonds is 3. The van der Waals surface area contributed by atoms with Gasteiger partial charge in [0.1, 0.15) is 0 Å². The number of ether oxygens (including phenoxy) is 1. The molecule has 0 amide bonds. The summed E-state index contributed by atoms with van der Waals surface area (Å²) in [6.07, 6.45) is -4.91. The van der Waals surface area contributed by atoms with Crippen molar-refractivity contribution in [2.45, 2.75) is 6.36 Å². The molecule has 9 heteroatoms. The van der Waals surface area contributed by atoms with Crippen molar-refractivity contribution in [2.75, 3.05) is 4.72 Å². The van der Waals surface area contributed by atoms with Crippen molar-refractivity contribution < 1.29 is 26.3 Å². The number of benzene rings is 1. The van der Waals surface area contributed by atoms with E-state index in [-0.39, 0.29) is 5.69 Å². The lowest BCUT2D eigenvalue weighted by Crippen LogP contribution is -2.23. The molecule has 0 saturated carbocycles. The first-order valence-electron chi connectivity index (χ1n) is 3.83. The highest BCUT2D eigenvalue weighted by Crippen LogP contribution is 2.30. The van der Waals surface area contributed by atoms with Gasteiger partial charge in [0.05, 0.1) is 5.69 Å². The van der Waals surface area contributed by atoms with Gasteiger partial charge in [0, 0.05) is 0 Å². The molecule has 0 aromatic heterocycles. The largest absolute Gasteiger partial charge is 0.573 e.